The van der Waals surface area contributed by atoms with Crippen LogP contribution >= 0.6 is 0 Å². The van der Waals surface area contributed by atoms with E-state index in [0.717, 1.165) is 17.7 Å². The van der Waals surface area contributed by atoms with Crippen molar-refractivity contribution in [1.29, 1.82) is 0 Å². The molecular weight excluding hydrogens is 216 g/mol. The van der Waals surface area contributed by atoms with Gasteiger partial charge in [0.25, 0.3) is 5.69 Å². The predicted molar refractivity (Wildman–Crippen MR) is 70.4 cm³/mol. The summed E-state index contributed by atoms with van der Waals surface area (Å²) in [7, 11) is 0. The van der Waals surface area contributed by atoms with E-state index < -0.39 is 0 Å². The molecule has 2 unspecified atom stereocenters. The summed E-state index contributed by atoms with van der Waals surface area (Å²) in [4.78, 5) is 10.3. The zero-order chi connectivity index (χ0) is 13.0. The number of non-ortho nitro benzene ring substituents is 1. The first-order valence-electron chi connectivity index (χ1n) is 5.97. The minimum Gasteiger partial charge on any atom is -0.382 e. The van der Waals surface area contributed by atoms with Crippen molar-refractivity contribution in [1.82, 2.24) is 0 Å². The van der Waals surface area contributed by atoms with Crippen molar-refractivity contribution < 1.29 is 4.92 Å². The molecule has 0 heterocycles. The number of hydrogen-bond donors (Lipinski definition) is 1. The minimum absolute atomic E-state index is 0.143. The van der Waals surface area contributed by atoms with Crippen LogP contribution in [0, 0.1) is 23.0 Å². The van der Waals surface area contributed by atoms with Crippen LogP contribution in [0.1, 0.15) is 32.8 Å². The van der Waals surface area contributed by atoms with E-state index in [0.29, 0.717) is 12.0 Å². The summed E-state index contributed by atoms with van der Waals surface area (Å²) in [5.41, 5.74) is 2.03. The summed E-state index contributed by atoms with van der Waals surface area (Å²) in [6, 6.07) is 5.29. The van der Waals surface area contributed by atoms with E-state index in [9.17, 15) is 10.1 Å². The molecule has 17 heavy (non-hydrogen) atoms. The molecule has 0 aliphatic carbocycles. The van der Waals surface area contributed by atoms with E-state index in [1.165, 1.54) is 0 Å². The van der Waals surface area contributed by atoms with Crippen molar-refractivity contribution in [2.24, 2.45) is 5.92 Å². The molecule has 1 aromatic rings. The lowest BCUT2D eigenvalue weighted by atomic mass is 10.00. The zero-order valence-corrected chi connectivity index (χ0v) is 10.9. The van der Waals surface area contributed by atoms with Crippen molar-refractivity contribution in [2.75, 3.05) is 5.32 Å². The summed E-state index contributed by atoms with van der Waals surface area (Å²) in [5.74, 6) is 0.574. The number of nitro groups is 1. The Bertz CT molecular complexity index is 404. The number of nitrogens with one attached hydrogen (secondary N) is 1. The first-order chi connectivity index (χ1) is 7.95. The van der Waals surface area contributed by atoms with Crippen molar-refractivity contribution >= 4 is 11.4 Å². The lowest BCUT2D eigenvalue weighted by Crippen LogP contribution is -2.23. The van der Waals surface area contributed by atoms with Crippen molar-refractivity contribution in [3.63, 3.8) is 0 Å². The Labute approximate surface area is 102 Å². The third kappa shape index (κ3) is 3.44. The maximum atomic E-state index is 10.6. The van der Waals surface area contributed by atoms with Gasteiger partial charge in [-0.25, -0.2) is 0 Å². The van der Waals surface area contributed by atoms with Crippen molar-refractivity contribution in [2.45, 2.75) is 40.2 Å². The second-order valence-electron chi connectivity index (χ2n) is 4.57. The van der Waals surface area contributed by atoms with Gasteiger partial charge in [-0.05, 0) is 31.4 Å². The highest BCUT2D eigenvalue weighted by atomic mass is 16.6. The first kappa shape index (κ1) is 13.5. The average molecular weight is 236 g/mol. The minimum atomic E-state index is -0.366. The number of nitro benzene ring substituents is 1. The highest BCUT2D eigenvalue weighted by molar-refractivity contribution is 5.55. The van der Waals surface area contributed by atoms with Gasteiger partial charge in [0.2, 0.25) is 0 Å². The Morgan fingerprint density at radius 3 is 2.53 bits per heavy atom. The molecule has 94 valence electrons. The number of benzene rings is 1. The quantitative estimate of drug-likeness (QED) is 0.625. The Balaban J connectivity index is 2.82. The van der Waals surface area contributed by atoms with E-state index in [-0.39, 0.29) is 10.6 Å². The molecule has 0 amide bonds. The Kier molecular flexibility index (Phi) is 4.49. The molecule has 4 heteroatoms. The lowest BCUT2D eigenvalue weighted by molar-refractivity contribution is -0.384. The van der Waals surface area contributed by atoms with Crippen LogP contribution in [0.4, 0.5) is 11.4 Å². The molecule has 0 aromatic heterocycles. The van der Waals surface area contributed by atoms with Crippen molar-refractivity contribution in [3.05, 3.63) is 33.9 Å². The van der Waals surface area contributed by atoms with Crippen LogP contribution in [0.3, 0.4) is 0 Å². The van der Waals surface area contributed by atoms with Gasteiger partial charge in [-0.1, -0.05) is 20.3 Å². The summed E-state index contributed by atoms with van der Waals surface area (Å²) in [6.45, 7) is 8.37. The molecular formula is C13H20N2O2. The number of aryl methyl sites for hydroxylation is 1. The van der Waals surface area contributed by atoms with Gasteiger partial charge < -0.3 is 5.32 Å². The standard InChI is InChI=1S/C13H20N2O2/c1-5-9(2)11(4)14-13-7-6-12(15(16)17)8-10(13)3/h6-9,11,14H,5H2,1-4H3. The first-order valence-corrected chi connectivity index (χ1v) is 5.97. The third-order valence-electron chi connectivity index (χ3n) is 3.30. The Morgan fingerprint density at radius 1 is 1.41 bits per heavy atom. The van der Waals surface area contributed by atoms with Gasteiger partial charge in [0, 0.05) is 23.9 Å². The summed E-state index contributed by atoms with van der Waals surface area (Å²) in [6.07, 6.45) is 1.11. The molecule has 1 aromatic carbocycles. The van der Waals surface area contributed by atoms with Gasteiger partial charge in [0.1, 0.15) is 0 Å². The molecule has 1 rings (SSSR count). The molecule has 0 saturated carbocycles. The smallest absolute Gasteiger partial charge is 0.269 e. The molecule has 0 spiro atoms. The Hall–Kier alpha value is -1.58. The van der Waals surface area contributed by atoms with Crippen LogP contribution in [-0.2, 0) is 0 Å². The molecule has 4 nitrogen and oxygen atoms in total. The highest BCUT2D eigenvalue weighted by Gasteiger charge is 2.13. The highest BCUT2D eigenvalue weighted by Crippen LogP contribution is 2.23. The van der Waals surface area contributed by atoms with Crippen LogP contribution in [0.2, 0.25) is 0 Å². The third-order valence-corrected chi connectivity index (χ3v) is 3.30. The van der Waals surface area contributed by atoms with E-state index in [1.807, 2.05) is 6.92 Å². The number of hydrogen-bond acceptors (Lipinski definition) is 3. The molecule has 2 atom stereocenters. The fourth-order valence-electron chi connectivity index (χ4n) is 1.66. The normalized spacial score (nSPS) is 14.1. The van der Waals surface area contributed by atoms with Gasteiger partial charge in [-0.3, -0.25) is 10.1 Å². The van der Waals surface area contributed by atoms with Gasteiger partial charge in [0.05, 0.1) is 4.92 Å². The van der Waals surface area contributed by atoms with Crippen LogP contribution < -0.4 is 5.32 Å². The maximum Gasteiger partial charge on any atom is 0.269 e. The summed E-state index contributed by atoms with van der Waals surface area (Å²) in [5, 5.41) is 14.0. The van der Waals surface area contributed by atoms with Gasteiger partial charge in [-0.2, -0.15) is 0 Å². The molecule has 1 N–H and O–H groups in total. The van der Waals surface area contributed by atoms with Gasteiger partial charge in [-0.15, -0.1) is 0 Å². The second kappa shape index (κ2) is 5.66. The molecule has 0 aliphatic rings. The Morgan fingerprint density at radius 2 is 2.06 bits per heavy atom. The second-order valence-corrected chi connectivity index (χ2v) is 4.57. The topological polar surface area (TPSA) is 55.2 Å². The van der Waals surface area contributed by atoms with Crippen LogP contribution in [0.15, 0.2) is 18.2 Å². The monoisotopic (exact) mass is 236 g/mol. The number of anilines is 1. The summed E-state index contributed by atoms with van der Waals surface area (Å²) >= 11 is 0. The molecule has 0 radical (unpaired) electrons. The van der Waals surface area contributed by atoms with E-state index in [2.05, 4.69) is 26.1 Å². The number of rotatable bonds is 5. The van der Waals surface area contributed by atoms with Crippen LogP contribution in [0.5, 0.6) is 0 Å². The molecule has 0 fully saturated rings. The molecule has 0 aliphatic heterocycles. The SMILES string of the molecule is CCC(C)C(C)Nc1ccc([N+](=O)[O-])cc1C. The van der Waals surface area contributed by atoms with Gasteiger partial charge >= 0.3 is 0 Å². The maximum absolute atomic E-state index is 10.6. The van der Waals surface area contributed by atoms with E-state index in [1.54, 1.807) is 18.2 Å². The molecule has 0 saturated heterocycles. The zero-order valence-electron chi connectivity index (χ0n) is 10.9. The average Bonchev–Trinajstić information content (AvgIpc) is 2.30. The van der Waals surface area contributed by atoms with Crippen LogP contribution in [-0.4, -0.2) is 11.0 Å². The number of nitrogens with zero attached hydrogens (tertiary/aromatic N) is 1. The summed E-state index contributed by atoms with van der Waals surface area (Å²) < 4.78 is 0. The fourth-order valence-corrected chi connectivity index (χ4v) is 1.66. The van der Waals surface area contributed by atoms with Gasteiger partial charge in [0.15, 0.2) is 0 Å². The van der Waals surface area contributed by atoms with Crippen molar-refractivity contribution in [3.8, 4) is 0 Å². The van der Waals surface area contributed by atoms with E-state index in [4.69, 9.17) is 0 Å². The fraction of sp³-hybridized carbons (Fsp3) is 0.538. The molecule has 0 bridgehead atoms. The largest absolute Gasteiger partial charge is 0.382 e. The predicted octanol–water partition coefficient (Wildman–Crippen LogP) is 3.75. The van der Waals surface area contributed by atoms with Crippen LogP contribution in [0.25, 0.3) is 0 Å². The lowest BCUT2D eigenvalue weighted by Gasteiger charge is -2.22. The van der Waals surface area contributed by atoms with E-state index >= 15 is 0 Å².